The van der Waals surface area contributed by atoms with Gasteiger partial charge >= 0.3 is 59.1 Å². The first kappa shape index (κ1) is 23.0. The van der Waals surface area contributed by atoms with Crippen molar-refractivity contribution in [3.8, 4) is 0 Å². The van der Waals surface area contributed by atoms with E-state index >= 15 is 0 Å². The van der Waals surface area contributed by atoms with Gasteiger partial charge in [0.2, 0.25) is 0 Å². The molecule has 0 aliphatic carbocycles. The van der Waals surface area contributed by atoms with Gasteiger partial charge in [0.15, 0.2) is 0 Å². The average molecular weight is 202 g/mol. The van der Waals surface area contributed by atoms with Crippen molar-refractivity contribution in [3.05, 3.63) is 0 Å². The molecule has 0 spiro atoms. The molecule has 0 bridgehead atoms. The predicted molar refractivity (Wildman–Crippen MR) is 27.9 cm³/mol. The van der Waals surface area contributed by atoms with E-state index in [4.69, 9.17) is 22.6 Å². The third-order valence-electron chi connectivity index (χ3n) is 0.224. The van der Waals surface area contributed by atoms with Gasteiger partial charge in [-0.25, -0.2) is 0 Å². The summed E-state index contributed by atoms with van der Waals surface area (Å²) in [5.41, 5.74) is 0. The summed E-state index contributed by atoms with van der Waals surface area (Å²) < 4.78 is 34.1. The Balaban J connectivity index is -0.0000000383. The molecule has 0 aromatic rings. The van der Waals surface area contributed by atoms with Crippen LogP contribution in [0, 0.1) is 0 Å². The van der Waals surface area contributed by atoms with Crippen LogP contribution in [-0.2, 0) is 10.4 Å². The minimum Gasteiger partial charge on any atom is -0.759 e. The molecule has 0 rings (SSSR count). The maximum absolute atomic E-state index is 8.52. The summed E-state index contributed by atoms with van der Waals surface area (Å²) in [7, 11) is -5.17. The fraction of sp³-hybridized carbons (Fsp3) is 1.00. The fourth-order valence-electron chi connectivity index (χ4n) is 0. The number of aliphatic hydroxyl groups excluding tert-OH is 1. The first-order valence-electron chi connectivity index (χ1n) is 2.19. The van der Waals surface area contributed by atoms with E-state index in [9.17, 15) is 0 Å². The Hall–Kier alpha value is 1.83. The van der Waals surface area contributed by atoms with E-state index in [1.54, 1.807) is 0 Å². The summed E-state index contributed by atoms with van der Waals surface area (Å²) >= 11 is 0. The third kappa shape index (κ3) is 143. The van der Waals surface area contributed by atoms with Crippen molar-refractivity contribution in [1.29, 1.82) is 0 Å². The molecule has 8 heteroatoms. The first-order chi connectivity index (χ1) is 3.91. The minimum absolute atomic E-state index is 0. The van der Waals surface area contributed by atoms with Crippen molar-refractivity contribution in [3.63, 3.8) is 0 Å². The van der Waals surface area contributed by atoms with Crippen LogP contribution in [0.2, 0.25) is 0 Å². The summed E-state index contributed by atoms with van der Waals surface area (Å²) in [6.07, 6.45) is 0.875. The van der Waals surface area contributed by atoms with Crippen molar-refractivity contribution in [2.75, 3.05) is 6.61 Å². The molecule has 0 radical (unpaired) electrons. The molecule has 0 aromatic heterocycles. The fourth-order valence-corrected chi connectivity index (χ4v) is 0. The molecule has 0 aromatic carbocycles. The van der Waals surface area contributed by atoms with Crippen molar-refractivity contribution < 1.29 is 81.7 Å². The van der Waals surface area contributed by atoms with Gasteiger partial charge in [-0.15, -0.1) is 0 Å². The SMILES string of the molecule is CCCO.O=S(=O)([O-])[O-].[Na+].[Na+]. The molecule has 0 unspecified atom stereocenters. The van der Waals surface area contributed by atoms with Crippen LogP contribution in [0.25, 0.3) is 0 Å². The largest absolute Gasteiger partial charge is 1.00 e. The average Bonchev–Trinajstić information content (AvgIpc) is 1.61. The molecule has 0 aliphatic heterocycles. The Morgan fingerprint density at radius 3 is 1.36 bits per heavy atom. The van der Waals surface area contributed by atoms with E-state index in [2.05, 4.69) is 0 Å². The summed E-state index contributed by atoms with van der Waals surface area (Å²) in [4.78, 5) is 0. The number of aliphatic hydroxyl groups is 1. The second-order valence-corrected chi connectivity index (χ2v) is 1.95. The number of hydrogen-bond acceptors (Lipinski definition) is 5. The van der Waals surface area contributed by atoms with E-state index < -0.39 is 10.4 Å². The Morgan fingerprint density at radius 2 is 1.36 bits per heavy atom. The Bertz CT molecular complexity index is 123. The zero-order valence-corrected chi connectivity index (χ0v) is 11.7. The van der Waals surface area contributed by atoms with Gasteiger partial charge in [-0.2, -0.15) is 0 Å². The van der Waals surface area contributed by atoms with Crippen molar-refractivity contribution in [2.24, 2.45) is 0 Å². The van der Waals surface area contributed by atoms with Gasteiger partial charge in [0.1, 0.15) is 0 Å². The molecule has 5 nitrogen and oxygen atoms in total. The van der Waals surface area contributed by atoms with Gasteiger partial charge < -0.3 is 14.2 Å². The van der Waals surface area contributed by atoms with Crippen LogP contribution in [0.1, 0.15) is 13.3 Å². The third-order valence-corrected chi connectivity index (χ3v) is 0.224. The Labute approximate surface area is 111 Å². The zero-order valence-electron chi connectivity index (χ0n) is 6.90. The molecule has 0 fully saturated rings. The van der Waals surface area contributed by atoms with E-state index in [1.807, 2.05) is 6.92 Å². The first-order valence-corrected chi connectivity index (χ1v) is 3.52. The van der Waals surface area contributed by atoms with E-state index in [0.717, 1.165) is 6.42 Å². The van der Waals surface area contributed by atoms with Gasteiger partial charge in [0.05, 0.1) is 0 Å². The van der Waals surface area contributed by atoms with E-state index in [-0.39, 0.29) is 59.1 Å². The molecule has 0 atom stereocenters. The molecule has 58 valence electrons. The topological polar surface area (TPSA) is 100 Å². The molecular weight excluding hydrogens is 194 g/mol. The van der Waals surface area contributed by atoms with Gasteiger partial charge in [-0.05, 0) is 6.42 Å². The van der Waals surface area contributed by atoms with Crippen molar-refractivity contribution in [1.82, 2.24) is 0 Å². The molecule has 0 amide bonds. The normalized spacial score (nSPS) is 8.00. The van der Waals surface area contributed by atoms with E-state index in [1.165, 1.54) is 0 Å². The molecule has 0 saturated carbocycles. The number of hydrogen-bond donors (Lipinski definition) is 1. The second-order valence-electron chi connectivity index (χ2n) is 1.13. The van der Waals surface area contributed by atoms with Crippen LogP contribution in [-0.4, -0.2) is 29.2 Å². The Kier molecular flexibility index (Phi) is 30.1. The maximum atomic E-state index is 8.52. The molecule has 0 aliphatic rings. The summed E-state index contributed by atoms with van der Waals surface area (Å²) in [5, 5.41) is 7.88. The monoisotopic (exact) mass is 202 g/mol. The number of rotatable bonds is 1. The summed E-state index contributed by atoms with van der Waals surface area (Å²) in [6, 6.07) is 0. The molecular formula is C3H8Na2O5S. The van der Waals surface area contributed by atoms with Crippen LogP contribution in [0.4, 0.5) is 0 Å². The van der Waals surface area contributed by atoms with Gasteiger partial charge in [-0.3, -0.25) is 8.42 Å². The van der Waals surface area contributed by atoms with Gasteiger partial charge in [0, 0.05) is 17.0 Å². The second kappa shape index (κ2) is 14.4. The molecule has 0 heterocycles. The van der Waals surface area contributed by atoms with Crippen LogP contribution in [0.5, 0.6) is 0 Å². The summed E-state index contributed by atoms with van der Waals surface area (Å²) in [6.45, 7) is 2.25. The smallest absolute Gasteiger partial charge is 0.759 e. The van der Waals surface area contributed by atoms with Gasteiger partial charge in [0.25, 0.3) is 0 Å². The standard InChI is InChI=1S/C3H8O.2Na.H2O4S/c1-2-3-4;;;1-5(2,3)4/h4H,2-3H2,1H3;;;(H2,1,2,3,4)/q;2*+1;/p-2. The van der Waals surface area contributed by atoms with Crippen molar-refractivity contribution >= 4 is 10.4 Å². The summed E-state index contributed by atoms with van der Waals surface area (Å²) in [5.74, 6) is 0. The Morgan fingerprint density at radius 1 is 1.27 bits per heavy atom. The molecule has 0 saturated heterocycles. The zero-order chi connectivity index (χ0) is 7.91. The van der Waals surface area contributed by atoms with Crippen LogP contribution >= 0.6 is 0 Å². The quantitative estimate of drug-likeness (QED) is 0.259. The van der Waals surface area contributed by atoms with Crippen LogP contribution in [0.15, 0.2) is 0 Å². The molecule has 1 N–H and O–H groups in total. The van der Waals surface area contributed by atoms with E-state index in [0.29, 0.717) is 6.61 Å². The molecule has 11 heavy (non-hydrogen) atoms. The van der Waals surface area contributed by atoms with Crippen LogP contribution < -0.4 is 59.1 Å². The van der Waals surface area contributed by atoms with Crippen molar-refractivity contribution in [2.45, 2.75) is 13.3 Å². The maximum Gasteiger partial charge on any atom is 1.00 e. The van der Waals surface area contributed by atoms with Crippen LogP contribution in [0.3, 0.4) is 0 Å². The predicted octanol–water partition coefficient (Wildman–Crippen LogP) is -6.94. The minimum atomic E-state index is -5.17. The van der Waals surface area contributed by atoms with Gasteiger partial charge in [-0.1, -0.05) is 6.92 Å².